The van der Waals surface area contributed by atoms with Crippen LogP contribution in [0, 0.1) is 0 Å². The quantitative estimate of drug-likeness (QED) is 0.245. The van der Waals surface area contributed by atoms with Crippen molar-refractivity contribution < 1.29 is 14.3 Å². The van der Waals surface area contributed by atoms with E-state index >= 15 is 0 Å². The van der Waals surface area contributed by atoms with Gasteiger partial charge < -0.3 is 4.74 Å². The maximum Gasteiger partial charge on any atom is 0.356 e. The summed E-state index contributed by atoms with van der Waals surface area (Å²) >= 11 is 6.31. The number of carbonyl (C=O) groups is 2. The molecule has 0 atom stereocenters. The van der Waals surface area contributed by atoms with Crippen molar-refractivity contribution in [3.8, 4) is 11.1 Å². The van der Waals surface area contributed by atoms with E-state index in [0.29, 0.717) is 45.0 Å². The van der Waals surface area contributed by atoms with Gasteiger partial charge in [-0.15, -0.1) is 0 Å². The highest BCUT2D eigenvalue weighted by Gasteiger charge is 2.24. The number of aromatic nitrogens is 3. The zero-order valence-electron chi connectivity index (χ0n) is 19.9. The Morgan fingerprint density at radius 3 is 2.40 bits per heavy atom. The van der Waals surface area contributed by atoms with Gasteiger partial charge in [-0.1, -0.05) is 48.9 Å². The normalized spacial score (nSPS) is 11.1. The molecule has 0 radical (unpaired) electrons. The van der Waals surface area contributed by atoms with Gasteiger partial charge in [0.2, 0.25) is 0 Å². The molecule has 7 nitrogen and oxygen atoms in total. The lowest BCUT2D eigenvalue weighted by atomic mass is 9.94. The average molecular weight is 492 g/mol. The fourth-order valence-corrected chi connectivity index (χ4v) is 4.42. The van der Waals surface area contributed by atoms with Crippen LogP contribution in [-0.4, -0.2) is 32.7 Å². The summed E-state index contributed by atoms with van der Waals surface area (Å²) in [5, 5.41) is 6.05. The molecule has 0 amide bonds. The molecule has 8 heteroatoms. The predicted octanol–water partition coefficient (Wildman–Crippen LogP) is 5.36. The van der Waals surface area contributed by atoms with Crippen LogP contribution >= 0.6 is 11.6 Å². The average Bonchev–Trinajstić information content (AvgIpc) is 3.28. The Balaban J connectivity index is 2.01. The number of ketones is 1. The van der Waals surface area contributed by atoms with Gasteiger partial charge in [-0.3, -0.25) is 18.8 Å². The largest absolute Gasteiger partial charge is 0.461 e. The highest BCUT2D eigenvalue weighted by Crippen LogP contribution is 2.33. The molecule has 0 unspecified atom stereocenters. The third-order valence-corrected chi connectivity index (χ3v) is 6.05. The summed E-state index contributed by atoms with van der Waals surface area (Å²) in [6, 6.07) is 16.2. The third-order valence-electron chi connectivity index (χ3n) is 5.82. The number of aryl methyl sites for hydroxylation is 1. The summed E-state index contributed by atoms with van der Waals surface area (Å²) in [7, 11) is 0. The lowest BCUT2D eigenvalue weighted by Gasteiger charge is -2.19. The van der Waals surface area contributed by atoms with Crippen molar-refractivity contribution in [2.24, 2.45) is 0 Å². The smallest absolute Gasteiger partial charge is 0.356 e. The minimum Gasteiger partial charge on any atom is -0.461 e. The standard InChI is InChI=1S/C27H26ClN3O4/c1-4-23(32)25-24(17-10-8-7-9-11-17)21-14-18(28)12-13-20(21)26(33)30(25)16-19-15-22(27(34)35-6-3)31(5-2)29-19/h7-15H,4-6,16H2,1-3H3. The Morgan fingerprint density at radius 2 is 1.74 bits per heavy atom. The number of esters is 1. The summed E-state index contributed by atoms with van der Waals surface area (Å²) in [6.07, 6.45) is 0.211. The Bertz CT molecular complexity index is 1470. The summed E-state index contributed by atoms with van der Waals surface area (Å²) in [5.74, 6) is -0.660. The lowest BCUT2D eigenvalue weighted by Crippen LogP contribution is -2.28. The molecule has 2 aromatic heterocycles. The molecule has 0 spiro atoms. The first-order chi connectivity index (χ1) is 16.9. The molecule has 0 aliphatic carbocycles. The Hall–Kier alpha value is -3.71. The second kappa shape index (κ2) is 10.3. The van der Waals surface area contributed by atoms with Crippen molar-refractivity contribution in [3.05, 3.63) is 87.1 Å². The van der Waals surface area contributed by atoms with Crippen LogP contribution in [0.5, 0.6) is 0 Å². The van der Waals surface area contributed by atoms with Gasteiger partial charge in [0.05, 0.1) is 24.5 Å². The summed E-state index contributed by atoms with van der Waals surface area (Å²) < 4.78 is 8.15. The Labute approximate surface area is 207 Å². The van der Waals surface area contributed by atoms with E-state index in [1.54, 1.807) is 42.8 Å². The fourth-order valence-electron chi connectivity index (χ4n) is 4.24. The van der Waals surface area contributed by atoms with Crippen molar-refractivity contribution in [2.45, 2.75) is 40.3 Å². The van der Waals surface area contributed by atoms with Gasteiger partial charge in [0.15, 0.2) is 5.78 Å². The lowest BCUT2D eigenvalue weighted by molar-refractivity contribution is 0.0512. The van der Waals surface area contributed by atoms with E-state index in [1.165, 1.54) is 4.57 Å². The summed E-state index contributed by atoms with van der Waals surface area (Å²) in [5.41, 5.74) is 2.21. The number of hydrogen-bond donors (Lipinski definition) is 0. The van der Waals surface area contributed by atoms with Gasteiger partial charge in [-0.2, -0.15) is 5.10 Å². The Kier molecular flexibility index (Phi) is 7.17. The number of rotatable bonds is 8. The summed E-state index contributed by atoms with van der Waals surface area (Å²) in [6.45, 7) is 6.09. The van der Waals surface area contributed by atoms with Crippen molar-refractivity contribution in [1.82, 2.24) is 14.3 Å². The van der Waals surface area contributed by atoms with E-state index in [2.05, 4.69) is 5.10 Å². The monoisotopic (exact) mass is 491 g/mol. The van der Waals surface area contributed by atoms with Crippen LogP contribution in [0.4, 0.5) is 0 Å². The van der Waals surface area contributed by atoms with Crippen LogP contribution in [0.1, 0.15) is 53.9 Å². The maximum atomic E-state index is 13.7. The zero-order valence-corrected chi connectivity index (χ0v) is 20.6. The first-order valence-electron chi connectivity index (χ1n) is 11.6. The predicted molar refractivity (Wildman–Crippen MR) is 136 cm³/mol. The van der Waals surface area contributed by atoms with Gasteiger partial charge in [-0.25, -0.2) is 4.79 Å². The van der Waals surface area contributed by atoms with E-state index in [0.717, 1.165) is 5.56 Å². The number of fused-ring (bicyclic) bond motifs is 1. The molecular formula is C27H26ClN3O4. The molecule has 0 aliphatic heterocycles. The number of ether oxygens (including phenoxy) is 1. The molecule has 0 saturated heterocycles. The molecule has 0 saturated carbocycles. The second-order valence-corrected chi connectivity index (χ2v) is 8.44. The third kappa shape index (κ3) is 4.64. The van der Waals surface area contributed by atoms with Gasteiger partial charge in [0.1, 0.15) is 5.69 Å². The molecule has 0 aliphatic rings. The van der Waals surface area contributed by atoms with Crippen molar-refractivity contribution in [1.29, 1.82) is 0 Å². The number of benzene rings is 2. The number of pyridine rings is 1. The molecule has 180 valence electrons. The topological polar surface area (TPSA) is 83.2 Å². The molecule has 2 aromatic carbocycles. The first-order valence-corrected chi connectivity index (χ1v) is 12.0. The molecule has 4 aromatic rings. The molecule has 0 fully saturated rings. The number of halogens is 1. The van der Waals surface area contributed by atoms with Crippen LogP contribution in [-0.2, 0) is 17.8 Å². The van der Waals surface area contributed by atoms with Gasteiger partial charge in [0, 0.05) is 28.9 Å². The van der Waals surface area contributed by atoms with E-state index < -0.39 is 5.97 Å². The van der Waals surface area contributed by atoms with Gasteiger partial charge >= 0.3 is 5.97 Å². The van der Waals surface area contributed by atoms with Gasteiger partial charge in [-0.05, 0) is 49.1 Å². The fraction of sp³-hybridized carbons (Fsp3) is 0.259. The second-order valence-electron chi connectivity index (χ2n) is 8.00. The number of nitrogens with zero attached hydrogens (tertiary/aromatic N) is 3. The highest BCUT2D eigenvalue weighted by molar-refractivity contribution is 6.31. The van der Waals surface area contributed by atoms with Crippen molar-refractivity contribution in [2.75, 3.05) is 6.61 Å². The molecule has 35 heavy (non-hydrogen) atoms. The molecule has 0 bridgehead atoms. The number of carbonyl (C=O) groups excluding carboxylic acids is 2. The Morgan fingerprint density at radius 1 is 1.00 bits per heavy atom. The van der Waals surface area contributed by atoms with Crippen molar-refractivity contribution in [3.63, 3.8) is 0 Å². The highest BCUT2D eigenvalue weighted by atomic mass is 35.5. The van der Waals surface area contributed by atoms with Gasteiger partial charge in [0.25, 0.3) is 5.56 Å². The summed E-state index contributed by atoms with van der Waals surface area (Å²) in [4.78, 5) is 39.4. The van der Waals surface area contributed by atoms with Crippen molar-refractivity contribution >= 4 is 34.1 Å². The minimum atomic E-state index is -0.483. The van der Waals surface area contributed by atoms with Crippen LogP contribution in [0.3, 0.4) is 0 Å². The maximum absolute atomic E-state index is 13.7. The minimum absolute atomic E-state index is 0.0255. The SMILES string of the molecule is CCOC(=O)c1cc(Cn2c(C(=O)CC)c(-c3ccccc3)c3cc(Cl)ccc3c2=O)nn1CC. The molecular weight excluding hydrogens is 466 g/mol. The first kappa shape index (κ1) is 24.4. The number of hydrogen-bond acceptors (Lipinski definition) is 5. The van der Waals surface area contributed by atoms with Crippen LogP contribution in [0.2, 0.25) is 5.02 Å². The number of Topliss-reactive ketones (excluding diaryl/α,β-unsaturated/α-hetero) is 1. The van der Waals surface area contributed by atoms with E-state index in [-0.39, 0.29) is 30.9 Å². The van der Waals surface area contributed by atoms with E-state index in [9.17, 15) is 14.4 Å². The van der Waals surface area contributed by atoms with Crippen LogP contribution in [0.25, 0.3) is 21.9 Å². The zero-order chi connectivity index (χ0) is 25.1. The van der Waals surface area contributed by atoms with E-state index in [1.807, 2.05) is 37.3 Å². The molecule has 0 N–H and O–H groups in total. The van der Waals surface area contributed by atoms with Crippen LogP contribution in [0.15, 0.2) is 59.4 Å². The van der Waals surface area contributed by atoms with Crippen LogP contribution < -0.4 is 5.56 Å². The van der Waals surface area contributed by atoms with E-state index in [4.69, 9.17) is 16.3 Å². The molecule has 2 heterocycles. The molecule has 4 rings (SSSR count).